The van der Waals surface area contributed by atoms with Gasteiger partial charge in [0.05, 0.1) is 36.2 Å². The normalized spacial score (nSPS) is 17.3. The molecule has 0 saturated carbocycles. The van der Waals surface area contributed by atoms with Gasteiger partial charge >= 0.3 is 0 Å². The number of amides is 1. The van der Waals surface area contributed by atoms with Crippen LogP contribution in [0, 0.1) is 0 Å². The summed E-state index contributed by atoms with van der Waals surface area (Å²) in [4.78, 5) is 27.5. The van der Waals surface area contributed by atoms with Crippen LogP contribution in [0.5, 0.6) is 17.2 Å². The molecule has 0 bridgehead atoms. The second-order valence-corrected chi connectivity index (χ2v) is 8.30. The van der Waals surface area contributed by atoms with Crippen LogP contribution in [0.25, 0.3) is 0 Å². The number of carbonyl (C=O) groups is 2. The standard InChI is InChI=1S/C22H21Cl2NO5/c1-28-18-6-4-14-17(26)12-22(30-19(14)20(18)29-2)7-9-25(10-8-22)21(27)13-3-5-15(23)16(24)11-13/h3-6,11H,7-10,12H2,1-2H3. The van der Waals surface area contributed by atoms with Crippen LogP contribution in [0.2, 0.25) is 10.0 Å². The van der Waals surface area contributed by atoms with Gasteiger partial charge in [0.2, 0.25) is 5.75 Å². The molecule has 0 unspecified atom stereocenters. The molecular formula is C22H21Cl2NO5. The minimum atomic E-state index is -0.669. The number of ketones is 1. The quantitative estimate of drug-likeness (QED) is 0.681. The fourth-order valence-corrected chi connectivity index (χ4v) is 4.37. The molecule has 2 aromatic rings. The minimum Gasteiger partial charge on any atom is -0.493 e. The van der Waals surface area contributed by atoms with Gasteiger partial charge in [-0.15, -0.1) is 0 Å². The second-order valence-electron chi connectivity index (χ2n) is 7.48. The maximum Gasteiger partial charge on any atom is 0.253 e. The zero-order chi connectivity index (χ0) is 21.5. The number of ether oxygens (including phenoxy) is 3. The summed E-state index contributed by atoms with van der Waals surface area (Å²) in [7, 11) is 3.06. The number of benzene rings is 2. The number of Topliss-reactive ketones (excluding diaryl/α,β-unsaturated/α-hetero) is 1. The first-order valence-corrected chi connectivity index (χ1v) is 10.3. The third-order valence-electron chi connectivity index (χ3n) is 5.73. The fourth-order valence-electron chi connectivity index (χ4n) is 4.07. The van der Waals surface area contributed by atoms with Gasteiger partial charge in [0, 0.05) is 31.5 Å². The van der Waals surface area contributed by atoms with Crippen LogP contribution >= 0.6 is 23.2 Å². The van der Waals surface area contributed by atoms with Crippen molar-refractivity contribution < 1.29 is 23.8 Å². The van der Waals surface area contributed by atoms with Crippen molar-refractivity contribution in [1.82, 2.24) is 4.90 Å². The van der Waals surface area contributed by atoms with Crippen LogP contribution in [0.4, 0.5) is 0 Å². The molecule has 30 heavy (non-hydrogen) atoms. The van der Waals surface area contributed by atoms with E-state index in [-0.39, 0.29) is 18.1 Å². The molecule has 1 amide bonds. The van der Waals surface area contributed by atoms with E-state index in [0.29, 0.717) is 64.4 Å². The van der Waals surface area contributed by atoms with Crippen molar-refractivity contribution in [2.75, 3.05) is 27.3 Å². The summed E-state index contributed by atoms with van der Waals surface area (Å²) in [6, 6.07) is 8.26. The van der Waals surface area contributed by atoms with Crippen LogP contribution in [0.1, 0.15) is 40.0 Å². The number of fused-ring (bicyclic) bond motifs is 1. The Morgan fingerprint density at radius 3 is 2.43 bits per heavy atom. The van der Waals surface area contributed by atoms with E-state index in [4.69, 9.17) is 37.4 Å². The Bertz CT molecular complexity index is 1010. The lowest BCUT2D eigenvalue weighted by Crippen LogP contribution is -2.52. The largest absolute Gasteiger partial charge is 0.493 e. The third kappa shape index (κ3) is 3.59. The molecule has 0 aliphatic carbocycles. The molecule has 2 heterocycles. The Kier molecular flexibility index (Phi) is 5.55. The van der Waals surface area contributed by atoms with Crippen molar-refractivity contribution in [3.63, 3.8) is 0 Å². The highest BCUT2D eigenvalue weighted by Gasteiger charge is 2.45. The van der Waals surface area contributed by atoms with Crippen molar-refractivity contribution in [3.8, 4) is 17.2 Å². The van der Waals surface area contributed by atoms with Crippen molar-refractivity contribution in [3.05, 3.63) is 51.5 Å². The zero-order valence-corrected chi connectivity index (χ0v) is 18.2. The molecular weight excluding hydrogens is 429 g/mol. The summed E-state index contributed by atoms with van der Waals surface area (Å²) in [5.41, 5.74) is 0.309. The average molecular weight is 450 g/mol. The van der Waals surface area contributed by atoms with Crippen LogP contribution in [0.3, 0.4) is 0 Å². The molecule has 1 fully saturated rings. The monoisotopic (exact) mass is 449 g/mol. The summed E-state index contributed by atoms with van der Waals surface area (Å²) >= 11 is 12.0. The van der Waals surface area contributed by atoms with Crippen molar-refractivity contribution in [1.29, 1.82) is 0 Å². The molecule has 4 rings (SSSR count). The molecule has 2 aliphatic heterocycles. The first kappa shape index (κ1) is 20.8. The highest BCUT2D eigenvalue weighted by Crippen LogP contribution is 2.47. The molecule has 0 atom stereocenters. The lowest BCUT2D eigenvalue weighted by Gasteiger charge is -2.44. The van der Waals surface area contributed by atoms with Crippen molar-refractivity contribution in [2.24, 2.45) is 0 Å². The number of piperidine rings is 1. The van der Waals surface area contributed by atoms with Gasteiger partial charge < -0.3 is 19.1 Å². The Morgan fingerprint density at radius 1 is 1.07 bits per heavy atom. The van der Waals surface area contributed by atoms with E-state index < -0.39 is 5.60 Å². The topological polar surface area (TPSA) is 65.1 Å². The molecule has 0 N–H and O–H groups in total. The Balaban J connectivity index is 1.54. The molecule has 1 spiro atoms. The minimum absolute atomic E-state index is 0.00135. The number of likely N-dealkylation sites (tertiary alicyclic amines) is 1. The first-order valence-electron chi connectivity index (χ1n) is 9.59. The highest BCUT2D eigenvalue weighted by atomic mass is 35.5. The molecule has 1 saturated heterocycles. The van der Waals surface area contributed by atoms with Gasteiger partial charge in [-0.1, -0.05) is 23.2 Å². The molecule has 0 radical (unpaired) electrons. The fraction of sp³-hybridized carbons (Fsp3) is 0.364. The number of carbonyl (C=O) groups excluding carboxylic acids is 2. The molecule has 2 aromatic carbocycles. The van der Waals surface area contributed by atoms with E-state index in [2.05, 4.69) is 0 Å². The van der Waals surface area contributed by atoms with Gasteiger partial charge in [-0.3, -0.25) is 9.59 Å². The van der Waals surface area contributed by atoms with Crippen LogP contribution < -0.4 is 14.2 Å². The van der Waals surface area contributed by atoms with Crippen molar-refractivity contribution >= 4 is 34.9 Å². The van der Waals surface area contributed by atoms with Gasteiger partial charge in [-0.25, -0.2) is 0 Å². The number of nitrogens with zero attached hydrogens (tertiary/aromatic N) is 1. The predicted molar refractivity (Wildman–Crippen MR) is 113 cm³/mol. The summed E-state index contributed by atoms with van der Waals surface area (Å²) in [5.74, 6) is 1.22. The lowest BCUT2D eigenvalue weighted by molar-refractivity contribution is -0.00745. The molecule has 0 aromatic heterocycles. The smallest absolute Gasteiger partial charge is 0.253 e. The van der Waals surface area contributed by atoms with E-state index in [1.807, 2.05) is 0 Å². The van der Waals surface area contributed by atoms with Crippen LogP contribution in [-0.4, -0.2) is 49.5 Å². The van der Waals surface area contributed by atoms with E-state index in [9.17, 15) is 9.59 Å². The molecule has 6 nitrogen and oxygen atoms in total. The maximum absolute atomic E-state index is 12.9. The number of hydrogen-bond donors (Lipinski definition) is 0. The van der Waals surface area contributed by atoms with Crippen LogP contribution in [0.15, 0.2) is 30.3 Å². The van der Waals surface area contributed by atoms with Gasteiger partial charge in [-0.05, 0) is 30.3 Å². The predicted octanol–water partition coefficient (Wildman–Crippen LogP) is 4.65. The number of methoxy groups -OCH3 is 2. The third-order valence-corrected chi connectivity index (χ3v) is 6.47. The Labute approximate surface area is 184 Å². The number of hydrogen-bond acceptors (Lipinski definition) is 5. The lowest BCUT2D eigenvalue weighted by atomic mass is 9.82. The first-order chi connectivity index (χ1) is 14.4. The van der Waals surface area contributed by atoms with E-state index >= 15 is 0 Å². The summed E-state index contributed by atoms with van der Waals surface area (Å²) < 4.78 is 17.2. The summed E-state index contributed by atoms with van der Waals surface area (Å²) in [5, 5.41) is 0.748. The summed E-state index contributed by atoms with van der Waals surface area (Å²) in [6.45, 7) is 0.932. The maximum atomic E-state index is 12.9. The van der Waals surface area contributed by atoms with Crippen molar-refractivity contribution in [2.45, 2.75) is 24.9 Å². The second kappa shape index (κ2) is 8.00. The SMILES string of the molecule is COc1ccc2c(c1OC)OC1(CCN(C(=O)c3ccc(Cl)c(Cl)c3)CC1)CC2=O. The van der Waals surface area contributed by atoms with Crippen LogP contribution in [-0.2, 0) is 0 Å². The van der Waals surface area contributed by atoms with E-state index in [1.54, 1.807) is 35.2 Å². The number of halogens is 2. The zero-order valence-electron chi connectivity index (χ0n) is 16.7. The van der Waals surface area contributed by atoms with Gasteiger partial charge in [0.1, 0.15) is 5.60 Å². The van der Waals surface area contributed by atoms with Gasteiger partial charge in [-0.2, -0.15) is 0 Å². The molecule has 158 valence electrons. The number of rotatable bonds is 3. The van der Waals surface area contributed by atoms with E-state index in [0.717, 1.165) is 0 Å². The summed E-state index contributed by atoms with van der Waals surface area (Å²) in [6.07, 6.45) is 1.33. The molecule has 2 aliphatic rings. The average Bonchev–Trinajstić information content (AvgIpc) is 2.74. The van der Waals surface area contributed by atoms with Gasteiger partial charge in [0.25, 0.3) is 5.91 Å². The van der Waals surface area contributed by atoms with E-state index in [1.165, 1.54) is 14.2 Å². The highest BCUT2D eigenvalue weighted by molar-refractivity contribution is 6.42. The Morgan fingerprint density at radius 2 is 1.80 bits per heavy atom. The molecule has 8 heteroatoms. The Hall–Kier alpha value is -2.44. The van der Waals surface area contributed by atoms with Gasteiger partial charge in [0.15, 0.2) is 17.3 Å².